The highest BCUT2D eigenvalue weighted by atomic mass is 32.2. The molecule has 1 aromatic carbocycles. The number of amides is 2. The molecule has 0 saturated carbocycles. The monoisotopic (exact) mass is 390 g/mol. The average Bonchev–Trinajstić information content (AvgIpc) is 2.62. The van der Waals surface area contributed by atoms with E-state index in [1.54, 1.807) is 30.5 Å². The van der Waals surface area contributed by atoms with Gasteiger partial charge in [0, 0.05) is 26.2 Å². The van der Waals surface area contributed by atoms with E-state index >= 15 is 0 Å². The molecule has 0 radical (unpaired) electrons. The van der Waals surface area contributed by atoms with Crippen molar-refractivity contribution in [2.75, 3.05) is 25.5 Å². The van der Waals surface area contributed by atoms with Gasteiger partial charge < -0.3 is 10.2 Å². The Kier molecular flexibility index (Phi) is 7.03. The number of sulfonamides is 1. The second-order valence-electron chi connectivity index (χ2n) is 5.98. The van der Waals surface area contributed by atoms with Crippen LogP contribution < -0.4 is 10.0 Å². The Hall–Kier alpha value is -2.78. The smallest absolute Gasteiger partial charge is 0.245 e. The number of hydrogen-bond donors (Lipinski definition) is 2. The number of rotatable bonds is 8. The molecular weight excluding hydrogens is 368 g/mol. The van der Waals surface area contributed by atoms with Gasteiger partial charge in [-0.3, -0.25) is 9.59 Å². The largest absolute Gasteiger partial charge is 0.336 e. The molecule has 2 amide bonds. The van der Waals surface area contributed by atoms with Gasteiger partial charge in [0.25, 0.3) is 0 Å². The van der Waals surface area contributed by atoms with Gasteiger partial charge in [-0.2, -0.15) is 0 Å². The lowest BCUT2D eigenvalue weighted by Crippen LogP contribution is -2.37. The predicted molar refractivity (Wildman–Crippen MR) is 101 cm³/mol. The Morgan fingerprint density at radius 1 is 1.15 bits per heavy atom. The standard InChI is InChI=1S/C18H22N4O4S/c1-14-8-10-19-16(12-14)21-17(23)13-22(2)18(24)9-11-20-27(25,26)15-6-4-3-5-7-15/h3-8,10,12,20H,9,11,13H2,1-2H3,(H,19,21,23). The Morgan fingerprint density at radius 3 is 2.52 bits per heavy atom. The van der Waals surface area contributed by atoms with Crippen molar-refractivity contribution < 1.29 is 18.0 Å². The third-order valence-corrected chi connectivity index (χ3v) is 5.15. The zero-order valence-electron chi connectivity index (χ0n) is 15.2. The first-order valence-corrected chi connectivity index (χ1v) is 9.77. The highest BCUT2D eigenvalue weighted by Gasteiger charge is 2.16. The van der Waals surface area contributed by atoms with Gasteiger partial charge in [0.05, 0.1) is 11.4 Å². The van der Waals surface area contributed by atoms with Crippen LogP contribution in [-0.4, -0.2) is 50.3 Å². The number of benzene rings is 1. The predicted octanol–water partition coefficient (Wildman–Crippen LogP) is 1.16. The molecule has 2 N–H and O–H groups in total. The van der Waals surface area contributed by atoms with Gasteiger partial charge in [0.2, 0.25) is 21.8 Å². The molecule has 0 unspecified atom stereocenters. The molecule has 0 atom stereocenters. The molecule has 0 aliphatic rings. The van der Waals surface area contributed by atoms with Crippen LogP contribution >= 0.6 is 0 Å². The first-order valence-electron chi connectivity index (χ1n) is 8.29. The minimum absolute atomic E-state index is 0.0541. The van der Waals surface area contributed by atoms with Crippen LogP contribution in [-0.2, 0) is 19.6 Å². The van der Waals surface area contributed by atoms with Crippen molar-refractivity contribution >= 4 is 27.7 Å². The highest BCUT2D eigenvalue weighted by Crippen LogP contribution is 2.07. The van der Waals surface area contributed by atoms with E-state index in [0.717, 1.165) is 5.56 Å². The van der Waals surface area contributed by atoms with Crippen LogP contribution in [0.5, 0.6) is 0 Å². The zero-order valence-corrected chi connectivity index (χ0v) is 16.0. The number of anilines is 1. The molecule has 0 fully saturated rings. The number of pyridine rings is 1. The number of aromatic nitrogens is 1. The topological polar surface area (TPSA) is 108 Å². The van der Waals surface area contributed by atoms with Gasteiger partial charge in [-0.05, 0) is 36.8 Å². The lowest BCUT2D eigenvalue weighted by molar-refractivity contribution is -0.133. The van der Waals surface area contributed by atoms with E-state index in [4.69, 9.17) is 0 Å². The number of nitrogens with zero attached hydrogens (tertiary/aromatic N) is 2. The van der Waals surface area contributed by atoms with Gasteiger partial charge in [-0.1, -0.05) is 18.2 Å². The molecule has 0 saturated heterocycles. The van der Waals surface area contributed by atoms with Gasteiger partial charge in [0.1, 0.15) is 5.82 Å². The van der Waals surface area contributed by atoms with Crippen LogP contribution in [0, 0.1) is 6.92 Å². The molecular formula is C18H22N4O4S. The normalized spacial score (nSPS) is 11.0. The molecule has 1 aromatic heterocycles. The van der Waals surface area contributed by atoms with Crippen LogP contribution in [0.1, 0.15) is 12.0 Å². The lowest BCUT2D eigenvalue weighted by atomic mass is 10.3. The van der Waals surface area contributed by atoms with Crippen LogP contribution in [0.2, 0.25) is 0 Å². The van der Waals surface area contributed by atoms with E-state index in [1.165, 1.54) is 24.1 Å². The molecule has 0 aliphatic carbocycles. The molecule has 0 bridgehead atoms. The maximum atomic E-state index is 12.1. The van der Waals surface area contributed by atoms with Crippen molar-refractivity contribution in [2.24, 2.45) is 0 Å². The third kappa shape index (κ3) is 6.46. The molecule has 1 heterocycles. The van der Waals surface area contributed by atoms with Crippen LogP contribution in [0.4, 0.5) is 5.82 Å². The molecule has 0 aliphatic heterocycles. The molecule has 8 nitrogen and oxygen atoms in total. The fourth-order valence-corrected chi connectivity index (χ4v) is 3.31. The summed E-state index contributed by atoms with van der Waals surface area (Å²) in [5.74, 6) is -0.316. The van der Waals surface area contributed by atoms with E-state index in [2.05, 4.69) is 15.0 Å². The van der Waals surface area contributed by atoms with Crippen molar-refractivity contribution in [3.63, 3.8) is 0 Å². The molecule has 0 spiro atoms. The maximum Gasteiger partial charge on any atom is 0.245 e. The molecule has 9 heteroatoms. The minimum atomic E-state index is -3.66. The molecule has 27 heavy (non-hydrogen) atoms. The van der Waals surface area contributed by atoms with Crippen molar-refractivity contribution in [1.82, 2.24) is 14.6 Å². The minimum Gasteiger partial charge on any atom is -0.336 e. The highest BCUT2D eigenvalue weighted by molar-refractivity contribution is 7.89. The lowest BCUT2D eigenvalue weighted by Gasteiger charge is -2.17. The quantitative estimate of drug-likeness (QED) is 0.703. The van der Waals surface area contributed by atoms with Gasteiger partial charge in [-0.25, -0.2) is 18.1 Å². The second kappa shape index (κ2) is 9.24. The van der Waals surface area contributed by atoms with Crippen molar-refractivity contribution in [2.45, 2.75) is 18.2 Å². The molecule has 2 rings (SSSR count). The zero-order chi connectivity index (χ0) is 19.9. The van der Waals surface area contributed by atoms with Crippen LogP contribution in [0.25, 0.3) is 0 Å². The summed E-state index contributed by atoms with van der Waals surface area (Å²) in [6.07, 6.45) is 1.52. The first-order chi connectivity index (χ1) is 12.8. The average molecular weight is 390 g/mol. The Balaban J connectivity index is 1.79. The summed E-state index contributed by atoms with van der Waals surface area (Å²) in [4.78, 5) is 29.5. The summed E-state index contributed by atoms with van der Waals surface area (Å²) in [7, 11) is -2.17. The van der Waals surface area contributed by atoms with Crippen molar-refractivity contribution in [1.29, 1.82) is 0 Å². The molecule has 144 valence electrons. The SMILES string of the molecule is Cc1ccnc(NC(=O)CN(C)C(=O)CCNS(=O)(=O)c2ccccc2)c1. The van der Waals surface area contributed by atoms with E-state index in [0.29, 0.717) is 5.82 Å². The second-order valence-corrected chi connectivity index (χ2v) is 7.74. The number of hydrogen-bond acceptors (Lipinski definition) is 5. The van der Waals surface area contributed by atoms with Crippen molar-refractivity contribution in [3.8, 4) is 0 Å². The fraction of sp³-hybridized carbons (Fsp3) is 0.278. The summed E-state index contributed by atoms with van der Waals surface area (Å²) in [6, 6.07) is 11.4. The van der Waals surface area contributed by atoms with E-state index in [-0.39, 0.29) is 36.2 Å². The van der Waals surface area contributed by atoms with Gasteiger partial charge >= 0.3 is 0 Å². The Bertz CT molecular complexity index is 901. The number of carbonyl (C=O) groups is 2. The number of carbonyl (C=O) groups excluding carboxylic acids is 2. The van der Waals surface area contributed by atoms with E-state index in [9.17, 15) is 18.0 Å². The Labute approximate surface area is 158 Å². The number of likely N-dealkylation sites (N-methyl/N-ethyl adjacent to an activating group) is 1. The summed E-state index contributed by atoms with van der Waals surface area (Å²) < 4.78 is 26.5. The summed E-state index contributed by atoms with van der Waals surface area (Å²) in [5, 5.41) is 2.61. The molecule has 2 aromatic rings. The maximum absolute atomic E-state index is 12.1. The fourth-order valence-electron chi connectivity index (χ4n) is 2.26. The Morgan fingerprint density at radius 2 is 1.85 bits per heavy atom. The van der Waals surface area contributed by atoms with Crippen molar-refractivity contribution in [3.05, 3.63) is 54.2 Å². The summed E-state index contributed by atoms with van der Waals surface area (Å²) >= 11 is 0. The third-order valence-electron chi connectivity index (χ3n) is 3.67. The number of aryl methyl sites for hydroxylation is 1. The van der Waals surface area contributed by atoms with Crippen LogP contribution in [0.3, 0.4) is 0 Å². The van der Waals surface area contributed by atoms with Crippen LogP contribution in [0.15, 0.2) is 53.6 Å². The first kappa shape index (κ1) is 20.5. The van der Waals surface area contributed by atoms with E-state index < -0.39 is 10.0 Å². The summed E-state index contributed by atoms with van der Waals surface area (Å²) in [6.45, 7) is 1.67. The summed E-state index contributed by atoms with van der Waals surface area (Å²) in [5.41, 5.74) is 0.954. The number of nitrogens with one attached hydrogen (secondary N) is 2. The van der Waals surface area contributed by atoms with Gasteiger partial charge in [0.15, 0.2) is 0 Å². The van der Waals surface area contributed by atoms with E-state index in [1.807, 2.05) is 13.0 Å². The van der Waals surface area contributed by atoms with Gasteiger partial charge in [-0.15, -0.1) is 0 Å².